The smallest absolute Gasteiger partial charge is 0.0324 e. The number of benzene rings is 2. The summed E-state index contributed by atoms with van der Waals surface area (Å²) in [6.45, 7) is 2.19. The summed E-state index contributed by atoms with van der Waals surface area (Å²) in [7, 11) is 0. The van der Waals surface area contributed by atoms with Gasteiger partial charge in [0.2, 0.25) is 0 Å². The Morgan fingerprint density at radius 1 is 0.905 bits per heavy atom. The van der Waals surface area contributed by atoms with Gasteiger partial charge in [-0.05, 0) is 54.6 Å². The lowest BCUT2D eigenvalue weighted by Crippen LogP contribution is -2.33. The van der Waals surface area contributed by atoms with Crippen molar-refractivity contribution in [3.05, 3.63) is 60.2 Å². The van der Waals surface area contributed by atoms with Crippen molar-refractivity contribution >= 4 is 12.4 Å². The van der Waals surface area contributed by atoms with Crippen LogP contribution in [0.2, 0.25) is 0 Å². The van der Waals surface area contributed by atoms with Gasteiger partial charge in [-0.3, -0.25) is 0 Å². The molecule has 0 spiro atoms. The van der Waals surface area contributed by atoms with Gasteiger partial charge in [-0.1, -0.05) is 48.5 Å². The van der Waals surface area contributed by atoms with E-state index in [9.17, 15) is 0 Å². The van der Waals surface area contributed by atoms with Crippen molar-refractivity contribution < 1.29 is 0 Å². The molecule has 112 valence electrons. The van der Waals surface area contributed by atoms with Gasteiger partial charge >= 0.3 is 0 Å². The molecular weight excluding hydrogens is 280 g/mol. The molecule has 0 unspecified atom stereocenters. The van der Waals surface area contributed by atoms with E-state index >= 15 is 0 Å². The highest BCUT2D eigenvalue weighted by atomic mass is 35.5. The van der Waals surface area contributed by atoms with Crippen LogP contribution in [-0.4, -0.2) is 13.1 Å². The third kappa shape index (κ3) is 3.85. The SMILES string of the molecule is Cl.N[C@@H](c1cccc(-c2ccccc2)c1)C1CCNCC1. The van der Waals surface area contributed by atoms with Crippen LogP contribution >= 0.6 is 12.4 Å². The fraction of sp³-hybridized carbons (Fsp3) is 0.333. The van der Waals surface area contributed by atoms with Gasteiger partial charge in [0.15, 0.2) is 0 Å². The quantitative estimate of drug-likeness (QED) is 0.905. The maximum absolute atomic E-state index is 6.49. The van der Waals surface area contributed by atoms with E-state index in [1.54, 1.807) is 0 Å². The van der Waals surface area contributed by atoms with Gasteiger partial charge in [0.1, 0.15) is 0 Å². The van der Waals surface area contributed by atoms with Gasteiger partial charge in [0, 0.05) is 6.04 Å². The predicted molar refractivity (Wildman–Crippen MR) is 91.6 cm³/mol. The second-order valence-electron chi connectivity index (χ2n) is 5.60. The maximum Gasteiger partial charge on any atom is 0.0324 e. The average Bonchev–Trinajstić information content (AvgIpc) is 2.56. The van der Waals surface area contributed by atoms with Crippen LogP contribution in [0.15, 0.2) is 54.6 Å². The van der Waals surface area contributed by atoms with E-state index in [1.165, 1.54) is 29.5 Å². The first-order valence-electron chi connectivity index (χ1n) is 7.46. The van der Waals surface area contributed by atoms with Crippen molar-refractivity contribution in [3.8, 4) is 11.1 Å². The first kappa shape index (κ1) is 16.0. The van der Waals surface area contributed by atoms with Crippen molar-refractivity contribution in [1.82, 2.24) is 5.32 Å². The number of nitrogens with two attached hydrogens (primary N) is 1. The largest absolute Gasteiger partial charge is 0.324 e. The summed E-state index contributed by atoms with van der Waals surface area (Å²) in [5.41, 5.74) is 10.3. The zero-order valence-electron chi connectivity index (χ0n) is 12.2. The molecule has 1 saturated heterocycles. The van der Waals surface area contributed by atoms with E-state index in [-0.39, 0.29) is 18.4 Å². The predicted octanol–water partition coefficient (Wildman–Crippen LogP) is 3.77. The molecule has 0 aliphatic carbocycles. The molecular formula is C18H23ClN2. The average molecular weight is 303 g/mol. The van der Waals surface area contributed by atoms with Gasteiger partial charge in [-0.2, -0.15) is 0 Å². The minimum absolute atomic E-state index is 0. The van der Waals surface area contributed by atoms with Gasteiger partial charge in [-0.15, -0.1) is 12.4 Å². The van der Waals surface area contributed by atoms with Crippen LogP contribution in [0.5, 0.6) is 0 Å². The van der Waals surface area contributed by atoms with E-state index in [4.69, 9.17) is 5.73 Å². The molecule has 2 nitrogen and oxygen atoms in total. The zero-order valence-corrected chi connectivity index (χ0v) is 13.0. The Balaban J connectivity index is 0.00000161. The summed E-state index contributed by atoms with van der Waals surface area (Å²) >= 11 is 0. The number of nitrogens with one attached hydrogen (secondary N) is 1. The summed E-state index contributed by atoms with van der Waals surface area (Å²) in [5, 5.41) is 3.40. The third-order valence-corrected chi connectivity index (χ3v) is 4.27. The molecule has 2 aromatic carbocycles. The van der Waals surface area contributed by atoms with Crippen molar-refractivity contribution in [2.75, 3.05) is 13.1 Å². The first-order valence-corrected chi connectivity index (χ1v) is 7.46. The molecule has 0 bridgehead atoms. The molecule has 3 rings (SSSR count). The topological polar surface area (TPSA) is 38.0 Å². The van der Waals surface area contributed by atoms with Crippen molar-refractivity contribution in [1.29, 1.82) is 0 Å². The lowest BCUT2D eigenvalue weighted by molar-refractivity contribution is 0.322. The molecule has 1 heterocycles. The highest BCUT2D eigenvalue weighted by Gasteiger charge is 2.21. The van der Waals surface area contributed by atoms with Gasteiger partial charge in [0.25, 0.3) is 0 Å². The standard InChI is InChI=1S/C18H22N2.ClH/c19-18(15-9-11-20-12-10-15)17-8-4-7-16(13-17)14-5-2-1-3-6-14;/h1-8,13,15,18,20H,9-12,19H2;1H/t18-;/m1./s1. The number of halogens is 1. The van der Waals surface area contributed by atoms with E-state index < -0.39 is 0 Å². The highest BCUT2D eigenvalue weighted by molar-refractivity contribution is 5.85. The molecule has 0 amide bonds. The summed E-state index contributed by atoms with van der Waals surface area (Å²) in [5.74, 6) is 0.599. The van der Waals surface area contributed by atoms with Crippen LogP contribution in [0.3, 0.4) is 0 Å². The van der Waals surface area contributed by atoms with Crippen LogP contribution in [0, 0.1) is 5.92 Å². The zero-order chi connectivity index (χ0) is 13.8. The van der Waals surface area contributed by atoms with E-state index in [0.29, 0.717) is 5.92 Å². The molecule has 1 aliphatic rings. The van der Waals surface area contributed by atoms with Gasteiger partial charge in [-0.25, -0.2) is 0 Å². The van der Waals surface area contributed by atoms with E-state index in [1.807, 2.05) is 6.07 Å². The Labute approximate surface area is 133 Å². The minimum atomic E-state index is 0. The lowest BCUT2D eigenvalue weighted by atomic mass is 9.86. The summed E-state index contributed by atoms with van der Waals surface area (Å²) in [4.78, 5) is 0. The van der Waals surface area contributed by atoms with Crippen LogP contribution in [-0.2, 0) is 0 Å². The van der Waals surface area contributed by atoms with Crippen LogP contribution in [0.4, 0.5) is 0 Å². The normalized spacial score (nSPS) is 17.0. The highest BCUT2D eigenvalue weighted by Crippen LogP contribution is 2.29. The molecule has 3 N–H and O–H groups in total. The molecule has 1 aliphatic heterocycles. The Morgan fingerprint density at radius 2 is 1.57 bits per heavy atom. The van der Waals surface area contributed by atoms with Crippen molar-refractivity contribution in [2.24, 2.45) is 11.7 Å². The molecule has 1 fully saturated rings. The first-order chi connectivity index (χ1) is 9.84. The van der Waals surface area contributed by atoms with Crippen molar-refractivity contribution in [3.63, 3.8) is 0 Å². The number of hydrogen-bond donors (Lipinski definition) is 2. The van der Waals surface area contributed by atoms with Gasteiger partial charge in [0.05, 0.1) is 0 Å². The summed E-state index contributed by atoms with van der Waals surface area (Å²) < 4.78 is 0. The number of hydrogen-bond acceptors (Lipinski definition) is 2. The Hall–Kier alpha value is -1.35. The summed E-state index contributed by atoms with van der Waals surface area (Å²) in [6.07, 6.45) is 2.35. The van der Waals surface area contributed by atoms with Crippen molar-refractivity contribution in [2.45, 2.75) is 18.9 Å². The Kier molecular flexibility index (Phi) is 5.80. The minimum Gasteiger partial charge on any atom is -0.324 e. The molecule has 1 atom stereocenters. The second kappa shape index (κ2) is 7.60. The number of piperidine rings is 1. The second-order valence-corrected chi connectivity index (χ2v) is 5.60. The lowest BCUT2D eigenvalue weighted by Gasteiger charge is -2.28. The monoisotopic (exact) mass is 302 g/mol. The molecule has 3 heteroatoms. The molecule has 0 aromatic heterocycles. The maximum atomic E-state index is 6.49. The van der Waals surface area contributed by atoms with Crippen LogP contribution < -0.4 is 11.1 Å². The molecule has 21 heavy (non-hydrogen) atoms. The third-order valence-electron chi connectivity index (χ3n) is 4.27. The summed E-state index contributed by atoms with van der Waals surface area (Å²) in [6, 6.07) is 19.4. The fourth-order valence-electron chi connectivity index (χ4n) is 3.03. The van der Waals surface area contributed by atoms with Gasteiger partial charge < -0.3 is 11.1 Å². The fourth-order valence-corrected chi connectivity index (χ4v) is 3.03. The Bertz CT molecular complexity index is 550. The number of rotatable bonds is 3. The van der Waals surface area contributed by atoms with Crippen LogP contribution in [0.25, 0.3) is 11.1 Å². The van der Waals surface area contributed by atoms with E-state index in [2.05, 4.69) is 53.8 Å². The molecule has 2 aromatic rings. The van der Waals surface area contributed by atoms with E-state index in [0.717, 1.165) is 13.1 Å². The molecule has 0 saturated carbocycles. The van der Waals surface area contributed by atoms with Crippen LogP contribution in [0.1, 0.15) is 24.4 Å². The molecule has 0 radical (unpaired) electrons. The Morgan fingerprint density at radius 3 is 2.29 bits per heavy atom.